The summed E-state index contributed by atoms with van der Waals surface area (Å²) in [6, 6.07) is 8.51. The zero-order valence-electron chi connectivity index (χ0n) is 10.6. The minimum atomic E-state index is -0.517. The third kappa shape index (κ3) is 2.49. The first kappa shape index (κ1) is 12.9. The van der Waals surface area contributed by atoms with Crippen LogP contribution in [0.25, 0.3) is 11.1 Å². The molecular formula is C14H13NO4. The van der Waals surface area contributed by atoms with Gasteiger partial charge in [0.05, 0.1) is 19.8 Å². The van der Waals surface area contributed by atoms with Crippen molar-refractivity contribution < 1.29 is 14.3 Å². The molecule has 98 valence electrons. The van der Waals surface area contributed by atoms with Crippen molar-refractivity contribution >= 4 is 5.97 Å². The van der Waals surface area contributed by atoms with Gasteiger partial charge < -0.3 is 14.5 Å². The second kappa shape index (κ2) is 5.39. The van der Waals surface area contributed by atoms with E-state index in [9.17, 15) is 9.59 Å². The molecule has 1 N–H and O–H groups in total. The lowest BCUT2D eigenvalue weighted by atomic mass is 10.0. The van der Waals surface area contributed by atoms with Crippen LogP contribution in [0.3, 0.4) is 0 Å². The Labute approximate surface area is 109 Å². The summed E-state index contributed by atoms with van der Waals surface area (Å²) in [7, 11) is 2.82. The van der Waals surface area contributed by atoms with Gasteiger partial charge >= 0.3 is 5.97 Å². The van der Waals surface area contributed by atoms with Gasteiger partial charge in [-0.3, -0.25) is 4.79 Å². The molecule has 0 saturated carbocycles. The highest BCUT2D eigenvalue weighted by Gasteiger charge is 2.16. The van der Waals surface area contributed by atoms with Crippen molar-refractivity contribution in [3.05, 3.63) is 52.4 Å². The monoisotopic (exact) mass is 259 g/mol. The summed E-state index contributed by atoms with van der Waals surface area (Å²) in [6.07, 6.45) is 1.34. The number of ether oxygens (including phenoxy) is 2. The molecule has 0 amide bonds. The van der Waals surface area contributed by atoms with Gasteiger partial charge in [-0.1, -0.05) is 18.2 Å². The molecule has 19 heavy (non-hydrogen) atoms. The molecule has 0 aliphatic carbocycles. The van der Waals surface area contributed by atoms with E-state index in [-0.39, 0.29) is 11.1 Å². The normalized spacial score (nSPS) is 10.0. The van der Waals surface area contributed by atoms with E-state index in [0.717, 1.165) is 0 Å². The van der Waals surface area contributed by atoms with Crippen LogP contribution in [0.5, 0.6) is 5.75 Å². The second-order valence-corrected chi connectivity index (χ2v) is 3.82. The molecule has 0 saturated heterocycles. The lowest BCUT2D eigenvalue weighted by molar-refractivity contribution is 0.0601. The number of aromatic amines is 1. The smallest absolute Gasteiger partial charge is 0.339 e. The van der Waals surface area contributed by atoms with Crippen molar-refractivity contribution in [2.45, 2.75) is 0 Å². The molecule has 1 aromatic carbocycles. The molecule has 0 fully saturated rings. The van der Waals surface area contributed by atoms with Crippen LogP contribution in [0.15, 0.2) is 41.3 Å². The molecule has 0 atom stereocenters. The Hall–Kier alpha value is -2.56. The fourth-order valence-electron chi connectivity index (χ4n) is 1.84. The van der Waals surface area contributed by atoms with Gasteiger partial charge in [0, 0.05) is 23.4 Å². The number of H-pyrrole nitrogens is 1. The summed E-state index contributed by atoms with van der Waals surface area (Å²) in [6.45, 7) is 0. The Morgan fingerprint density at radius 1 is 1.16 bits per heavy atom. The number of hydrogen-bond donors (Lipinski definition) is 1. The molecule has 0 aliphatic rings. The maximum absolute atomic E-state index is 11.7. The Morgan fingerprint density at radius 2 is 1.89 bits per heavy atom. The molecule has 0 aliphatic heterocycles. The number of aromatic nitrogens is 1. The quantitative estimate of drug-likeness (QED) is 0.854. The van der Waals surface area contributed by atoms with Crippen LogP contribution in [-0.2, 0) is 4.74 Å². The van der Waals surface area contributed by atoms with Crippen molar-refractivity contribution in [1.82, 2.24) is 4.98 Å². The van der Waals surface area contributed by atoms with Crippen LogP contribution in [0, 0.1) is 0 Å². The highest BCUT2D eigenvalue weighted by molar-refractivity contribution is 5.97. The Balaban J connectivity index is 2.70. The fourth-order valence-corrected chi connectivity index (χ4v) is 1.84. The number of hydrogen-bond acceptors (Lipinski definition) is 4. The number of rotatable bonds is 3. The number of carbonyl (C=O) groups is 1. The fraction of sp³-hybridized carbons (Fsp3) is 0.143. The molecule has 0 unspecified atom stereocenters. The zero-order valence-corrected chi connectivity index (χ0v) is 10.6. The van der Waals surface area contributed by atoms with E-state index in [1.807, 2.05) is 6.07 Å². The summed E-state index contributed by atoms with van der Waals surface area (Å²) in [5.74, 6) is 0.0652. The van der Waals surface area contributed by atoms with Crippen LogP contribution in [0.2, 0.25) is 0 Å². The SMILES string of the molecule is COC(=O)c1c[nH]c(=O)cc1-c1ccccc1OC. The Kier molecular flexibility index (Phi) is 3.66. The summed E-state index contributed by atoms with van der Waals surface area (Å²) < 4.78 is 9.95. The first-order chi connectivity index (χ1) is 9.17. The molecule has 5 nitrogen and oxygen atoms in total. The van der Waals surface area contributed by atoms with Crippen molar-refractivity contribution in [2.24, 2.45) is 0 Å². The van der Waals surface area contributed by atoms with Gasteiger partial charge in [-0.25, -0.2) is 4.79 Å². The second-order valence-electron chi connectivity index (χ2n) is 3.82. The first-order valence-corrected chi connectivity index (χ1v) is 5.62. The number of nitrogens with one attached hydrogen (secondary N) is 1. The first-order valence-electron chi connectivity index (χ1n) is 5.62. The van der Waals surface area contributed by atoms with Crippen molar-refractivity contribution in [2.75, 3.05) is 14.2 Å². The minimum Gasteiger partial charge on any atom is -0.496 e. The minimum absolute atomic E-state index is 0.284. The molecule has 5 heteroatoms. The number of benzene rings is 1. The van der Waals surface area contributed by atoms with Crippen molar-refractivity contribution in [1.29, 1.82) is 0 Å². The molecule has 0 radical (unpaired) electrons. The van der Waals surface area contributed by atoms with Gasteiger partial charge in [0.2, 0.25) is 5.56 Å². The highest BCUT2D eigenvalue weighted by Crippen LogP contribution is 2.31. The Bertz CT molecular complexity index is 660. The molecule has 1 heterocycles. The number of methoxy groups -OCH3 is 2. The predicted molar refractivity (Wildman–Crippen MR) is 70.4 cm³/mol. The van der Waals surface area contributed by atoms with E-state index in [4.69, 9.17) is 9.47 Å². The van der Waals surface area contributed by atoms with Gasteiger partial charge in [0.1, 0.15) is 5.75 Å². The average Bonchev–Trinajstić information content (AvgIpc) is 2.46. The Morgan fingerprint density at radius 3 is 2.58 bits per heavy atom. The average molecular weight is 259 g/mol. The van der Waals surface area contributed by atoms with Gasteiger partial charge in [-0.15, -0.1) is 0 Å². The standard InChI is InChI=1S/C14H13NO4/c1-18-12-6-4-3-5-9(12)10-7-13(16)15-8-11(10)14(17)19-2/h3-8H,1-2H3,(H,15,16). The van der Waals surface area contributed by atoms with E-state index in [1.165, 1.54) is 26.5 Å². The molecule has 0 spiro atoms. The third-order valence-electron chi connectivity index (χ3n) is 2.73. The van der Waals surface area contributed by atoms with E-state index >= 15 is 0 Å². The zero-order chi connectivity index (χ0) is 13.8. The third-order valence-corrected chi connectivity index (χ3v) is 2.73. The summed E-state index contributed by atoms with van der Waals surface area (Å²) in [4.78, 5) is 25.7. The number of pyridine rings is 1. The van der Waals surface area contributed by atoms with Crippen LogP contribution in [0.1, 0.15) is 10.4 Å². The number of para-hydroxylation sites is 1. The summed E-state index contributed by atoms with van der Waals surface area (Å²) >= 11 is 0. The van der Waals surface area contributed by atoms with E-state index in [0.29, 0.717) is 16.9 Å². The molecule has 0 bridgehead atoms. The van der Waals surface area contributed by atoms with E-state index < -0.39 is 5.97 Å². The van der Waals surface area contributed by atoms with Crippen molar-refractivity contribution in [3.63, 3.8) is 0 Å². The maximum Gasteiger partial charge on any atom is 0.339 e. The number of carbonyl (C=O) groups excluding carboxylic acids is 1. The van der Waals surface area contributed by atoms with Crippen LogP contribution < -0.4 is 10.3 Å². The maximum atomic E-state index is 11.7. The van der Waals surface area contributed by atoms with Crippen molar-refractivity contribution in [3.8, 4) is 16.9 Å². The van der Waals surface area contributed by atoms with Crippen LogP contribution in [-0.4, -0.2) is 25.2 Å². The summed E-state index contributed by atoms with van der Waals surface area (Å²) in [5.41, 5.74) is 1.13. The molecule has 1 aromatic heterocycles. The molecule has 2 rings (SSSR count). The van der Waals surface area contributed by atoms with E-state index in [1.54, 1.807) is 18.2 Å². The highest BCUT2D eigenvalue weighted by atomic mass is 16.5. The van der Waals surface area contributed by atoms with E-state index in [2.05, 4.69) is 4.98 Å². The molecular weight excluding hydrogens is 246 g/mol. The van der Waals surface area contributed by atoms with Crippen LogP contribution >= 0.6 is 0 Å². The van der Waals surface area contributed by atoms with Gasteiger partial charge in [-0.2, -0.15) is 0 Å². The summed E-state index contributed by atoms with van der Waals surface area (Å²) in [5, 5.41) is 0. The molecule has 2 aromatic rings. The van der Waals surface area contributed by atoms with Gasteiger partial charge in [-0.05, 0) is 6.07 Å². The van der Waals surface area contributed by atoms with Gasteiger partial charge in [0.25, 0.3) is 0 Å². The lowest BCUT2D eigenvalue weighted by Gasteiger charge is -2.11. The lowest BCUT2D eigenvalue weighted by Crippen LogP contribution is -2.11. The topological polar surface area (TPSA) is 68.4 Å². The predicted octanol–water partition coefficient (Wildman–Crippen LogP) is 1.84. The largest absolute Gasteiger partial charge is 0.496 e. The van der Waals surface area contributed by atoms with Crippen LogP contribution in [0.4, 0.5) is 0 Å². The number of esters is 1. The van der Waals surface area contributed by atoms with Gasteiger partial charge in [0.15, 0.2) is 0 Å².